The van der Waals surface area contributed by atoms with Crippen molar-refractivity contribution >= 4 is 26.0 Å². The number of piperidine rings is 1. The first-order valence-electron chi connectivity index (χ1n) is 6.67. The molecule has 5 heteroatoms. The lowest BCUT2D eigenvalue weighted by Gasteiger charge is -2.31. The zero-order valence-corrected chi connectivity index (χ0v) is 13.6. The molecule has 1 aromatic rings. The van der Waals surface area contributed by atoms with Crippen LogP contribution in [0.4, 0.5) is 0 Å². The van der Waals surface area contributed by atoms with Crippen LogP contribution in [0.15, 0.2) is 29.2 Å². The van der Waals surface area contributed by atoms with Gasteiger partial charge in [0.05, 0.1) is 4.90 Å². The van der Waals surface area contributed by atoms with Crippen molar-refractivity contribution in [3.8, 4) is 0 Å². The maximum Gasteiger partial charge on any atom is 0.243 e. The minimum Gasteiger partial charge on any atom is -0.207 e. The predicted octanol–water partition coefficient (Wildman–Crippen LogP) is 3.18. The molecule has 1 aromatic carbocycles. The second kappa shape index (κ2) is 6.37. The third-order valence-electron chi connectivity index (χ3n) is 3.66. The van der Waals surface area contributed by atoms with Crippen LogP contribution in [0.2, 0.25) is 0 Å². The van der Waals surface area contributed by atoms with Gasteiger partial charge in [-0.2, -0.15) is 4.31 Å². The molecule has 1 fully saturated rings. The third-order valence-corrected chi connectivity index (χ3v) is 6.00. The molecule has 0 N–H and O–H groups in total. The Kier molecular flexibility index (Phi) is 5.03. The van der Waals surface area contributed by atoms with E-state index in [-0.39, 0.29) is 0 Å². The first-order chi connectivity index (χ1) is 9.04. The molecule has 0 saturated carbocycles. The van der Waals surface area contributed by atoms with E-state index in [1.54, 1.807) is 16.4 Å². The number of benzene rings is 1. The van der Waals surface area contributed by atoms with E-state index in [9.17, 15) is 8.42 Å². The van der Waals surface area contributed by atoms with Gasteiger partial charge in [0.1, 0.15) is 0 Å². The van der Waals surface area contributed by atoms with Crippen molar-refractivity contribution in [3.05, 3.63) is 29.8 Å². The minimum atomic E-state index is -3.31. The first kappa shape index (κ1) is 15.0. The number of rotatable bonds is 4. The lowest BCUT2D eigenvalue weighted by atomic mass is 9.97. The molecule has 3 nitrogen and oxygen atoms in total. The van der Waals surface area contributed by atoms with Gasteiger partial charge in [-0.1, -0.05) is 33.6 Å². The smallest absolute Gasteiger partial charge is 0.207 e. The van der Waals surface area contributed by atoms with Gasteiger partial charge in [0.2, 0.25) is 10.0 Å². The zero-order chi connectivity index (χ0) is 13.9. The normalized spacial score (nSPS) is 21.5. The summed E-state index contributed by atoms with van der Waals surface area (Å²) in [5, 5.41) is 0.941. The summed E-state index contributed by atoms with van der Waals surface area (Å²) < 4.78 is 26.8. The average molecular weight is 346 g/mol. The lowest BCUT2D eigenvalue weighted by molar-refractivity contribution is 0.263. The van der Waals surface area contributed by atoms with Gasteiger partial charge in [0.15, 0.2) is 0 Å². The van der Waals surface area contributed by atoms with E-state index in [2.05, 4.69) is 15.9 Å². The molecular formula is C14H20BrNO2S. The largest absolute Gasteiger partial charge is 0.243 e. The number of aryl methyl sites for hydroxylation is 1. The molecule has 2 rings (SSSR count). The summed E-state index contributed by atoms with van der Waals surface area (Å²) in [6.07, 6.45) is 3.13. The molecule has 1 aliphatic heterocycles. The van der Waals surface area contributed by atoms with Crippen LogP contribution in [0.25, 0.3) is 0 Å². The molecule has 1 saturated heterocycles. The van der Waals surface area contributed by atoms with Crippen molar-refractivity contribution in [1.82, 2.24) is 4.31 Å². The molecule has 0 radical (unpaired) electrons. The van der Waals surface area contributed by atoms with E-state index in [0.717, 1.165) is 30.2 Å². The van der Waals surface area contributed by atoms with Crippen molar-refractivity contribution in [2.45, 2.75) is 31.1 Å². The molecular weight excluding hydrogens is 326 g/mol. The molecule has 0 amide bonds. The van der Waals surface area contributed by atoms with Crippen LogP contribution < -0.4 is 0 Å². The Bertz CT molecular complexity index is 511. The fourth-order valence-corrected chi connectivity index (χ4v) is 4.70. The van der Waals surface area contributed by atoms with Gasteiger partial charge in [-0.05, 0) is 44.2 Å². The van der Waals surface area contributed by atoms with Crippen molar-refractivity contribution in [3.63, 3.8) is 0 Å². The van der Waals surface area contributed by atoms with Crippen LogP contribution >= 0.6 is 15.9 Å². The van der Waals surface area contributed by atoms with Gasteiger partial charge in [-0.25, -0.2) is 8.42 Å². The zero-order valence-electron chi connectivity index (χ0n) is 11.2. The lowest BCUT2D eigenvalue weighted by Crippen LogP contribution is -2.39. The molecule has 19 heavy (non-hydrogen) atoms. The summed E-state index contributed by atoms with van der Waals surface area (Å²) in [4.78, 5) is 0.414. The third kappa shape index (κ3) is 3.58. The Balaban J connectivity index is 2.17. The average Bonchev–Trinajstić information content (AvgIpc) is 2.40. The highest BCUT2D eigenvalue weighted by molar-refractivity contribution is 9.09. The van der Waals surface area contributed by atoms with E-state index in [4.69, 9.17) is 0 Å². The van der Waals surface area contributed by atoms with Gasteiger partial charge < -0.3 is 0 Å². The SMILES string of the molecule is Cc1ccc(S(=O)(=O)N2CCCC(CCBr)C2)cc1. The van der Waals surface area contributed by atoms with Gasteiger partial charge >= 0.3 is 0 Å². The van der Waals surface area contributed by atoms with Gasteiger partial charge in [-0.15, -0.1) is 0 Å². The van der Waals surface area contributed by atoms with Crippen LogP contribution in [0.1, 0.15) is 24.8 Å². The van der Waals surface area contributed by atoms with Gasteiger partial charge in [0, 0.05) is 18.4 Å². The fraction of sp³-hybridized carbons (Fsp3) is 0.571. The maximum absolute atomic E-state index is 12.6. The molecule has 0 aromatic heterocycles. The summed E-state index contributed by atoms with van der Waals surface area (Å²) in [6.45, 7) is 3.26. The molecule has 0 bridgehead atoms. The summed E-state index contributed by atoms with van der Waals surface area (Å²) >= 11 is 3.44. The van der Waals surface area contributed by atoms with Crippen molar-refractivity contribution in [1.29, 1.82) is 0 Å². The summed E-state index contributed by atoms with van der Waals surface area (Å²) in [6, 6.07) is 7.12. The Morgan fingerprint density at radius 3 is 2.63 bits per heavy atom. The Hall–Kier alpha value is -0.390. The molecule has 1 heterocycles. The highest BCUT2D eigenvalue weighted by Crippen LogP contribution is 2.25. The number of sulfonamides is 1. The second-order valence-corrected chi connectivity index (χ2v) is 7.89. The molecule has 1 aliphatic rings. The predicted molar refractivity (Wildman–Crippen MR) is 81.1 cm³/mol. The van der Waals surface area contributed by atoms with E-state index in [0.29, 0.717) is 23.9 Å². The quantitative estimate of drug-likeness (QED) is 0.786. The highest BCUT2D eigenvalue weighted by atomic mass is 79.9. The van der Waals surface area contributed by atoms with Crippen LogP contribution in [-0.2, 0) is 10.0 Å². The van der Waals surface area contributed by atoms with E-state index < -0.39 is 10.0 Å². The van der Waals surface area contributed by atoms with Crippen LogP contribution in [-0.4, -0.2) is 31.1 Å². The fourth-order valence-electron chi connectivity index (χ4n) is 2.49. The number of alkyl halides is 1. The van der Waals surface area contributed by atoms with E-state index in [1.807, 2.05) is 19.1 Å². The van der Waals surface area contributed by atoms with Crippen LogP contribution in [0, 0.1) is 12.8 Å². The summed E-state index contributed by atoms with van der Waals surface area (Å²) in [5.74, 6) is 0.480. The Labute approximate surface area is 124 Å². The van der Waals surface area contributed by atoms with Crippen molar-refractivity contribution < 1.29 is 8.42 Å². The number of hydrogen-bond acceptors (Lipinski definition) is 2. The monoisotopic (exact) mass is 345 g/mol. The molecule has 1 atom stereocenters. The molecule has 0 spiro atoms. The Morgan fingerprint density at radius 1 is 1.32 bits per heavy atom. The standard InChI is InChI=1S/C14H20BrNO2S/c1-12-4-6-14(7-5-12)19(17,18)16-10-2-3-13(11-16)8-9-15/h4-7,13H,2-3,8-11H2,1H3. The van der Waals surface area contributed by atoms with Gasteiger partial charge in [0.25, 0.3) is 0 Å². The van der Waals surface area contributed by atoms with Crippen LogP contribution in [0.5, 0.6) is 0 Å². The number of nitrogens with zero attached hydrogens (tertiary/aromatic N) is 1. The second-order valence-electron chi connectivity index (χ2n) is 5.16. The first-order valence-corrected chi connectivity index (χ1v) is 9.23. The molecule has 1 unspecified atom stereocenters. The molecule has 0 aliphatic carbocycles. The number of hydrogen-bond donors (Lipinski definition) is 0. The summed E-state index contributed by atoms with van der Waals surface area (Å²) in [7, 11) is -3.31. The van der Waals surface area contributed by atoms with Crippen molar-refractivity contribution in [2.75, 3.05) is 18.4 Å². The van der Waals surface area contributed by atoms with E-state index in [1.165, 1.54) is 0 Å². The Morgan fingerprint density at radius 2 is 2.00 bits per heavy atom. The van der Waals surface area contributed by atoms with E-state index >= 15 is 0 Å². The van der Waals surface area contributed by atoms with Gasteiger partial charge in [-0.3, -0.25) is 0 Å². The maximum atomic E-state index is 12.6. The minimum absolute atomic E-state index is 0.414. The topological polar surface area (TPSA) is 37.4 Å². The summed E-state index contributed by atoms with van der Waals surface area (Å²) in [5.41, 5.74) is 1.08. The number of halogens is 1. The van der Waals surface area contributed by atoms with Crippen molar-refractivity contribution in [2.24, 2.45) is 5.92 Å². The highest BCUT2D eigenvalue weighted by Gasteiger charge is 2.29. The molecule has 106 valence electrons. The van der Waals surface area contributed by atoms with Crippen LogP contribution in [0.3, 0.4) is 0 Å².